The summed E-state index contributed by atoms with van der Waals surface area (Å²) in [5.74, 6) is -0.344. The maximum Gasteiger partial charge on any atom is 0.330 e. The molecule has 18 heavy (non-hydrogen) atoms. The van der Waals surface area contributed by atoms with E-state index < -0.39 is 0 Å². The highest BCUT2D eigenvalue weighted by Crippen LogP contribution is 2.19. The monoisotopic (exact) mass is 243 g/mol. The van der Waals surface area contributed by atoms with E-state index in [-0.39, 0.29) is 5.97 Å². The third-order valence-electron chi connectivity index (χ3n) is 2.66. The topological polar surface area (TPSA) is 50.1 Å². The lowest BCUT2D eigenvalue weighted by molar-refractivity contribution is -0.137. The summed E-state index contributed by atoms with van der Waals surface area (Å²) < 4.78 is 4.84. The van der Waals surface area contributed by atoms with Gasteiger partial charge in [0.2, 0.25) is 0 Å². The van der Waals surface area contributed by atoms with Gasteiger partial charge in [0.15, 0.2) is 0 Å². The predicted molar refractivity (Wildman–Crippen MR) is 70.9 cm³/mol. The van der Waals surface area contributed by atoms with Crippen LogP contribution in [0.25, 0.3) is 6.08 Å². The molecule has 0 bridgehead atoms. The van der Waals surface area contributed by atoms with E-state index in [1.54, 1.807) is 13.0 Å². The molecule has 0 aliphatic rings. The minimum absolute atomic E-state index is 0.344. The molecule has 1 aromatic carbocycles. The highest BCUT2D eigenvalue weighted by molar-refractivity contribution is 5.87. The number of aryl methyl sites for hydroxylation is 2. The normalized spacial score (nSPS) is 10.3. The molecule has 0 atom stereocenters. The standard InChI is InChI=1S/C15H17NO2/c1-4-13-9-12(10-16)8-11(3)14(13)6-7-15(17)18-5-2/h6-9H,4-5H2,1-3H3/b7-6+. The first-order valence-electron chi connectivity index (χ1n) is 6.00. The van der Waals surface area contributed by atoms with Crippen LogP contribution in [0.4, 0.5) is 0 Å². The zero-order valence-electron chi connectivity index (χ0n) is 11.0. The second-order valence-electron chi connectivity index (χ2n) is 3.92. The predicted octanol–water partition coefficient (Wildman–Crippen LogP) is 3.01. The number of esters is 1. The lowest BCUT2D eigenvalue weighted by Gasteiger charge is -2.08. The average molecular weight is 243 g/mol. The van der Waals surface area contributed by atoms with Crippen molar-refractivity contribution in [2.45, 2.75) is 27.2 Å². The van der Waals surface area contributed by atoms with Gasteiger partial charge < -0.3 is 4.74 Å². The Hall–Kier alpha value is -2.08. The number of nitrogens with zero attached hydrogens (tertiary/aromatic N) is 1. The molecule has 0 saturated heterocycles. The summed E-state index contributed by atoms with van der Waals surface area (Å²) in [6.07, 6.45) is 4.00. The number of rotatable bonds is 4. The zero-order chi connectivity index (χ0) is 13.5. The molecule has 0 heterocycles. The van der Waals surface area contributed by atoms with Gasteiger partial charge in [0.05, 0.1) is 18.2 Å². The van der Waals surface area contributed by atoms with Gasteiger partial charge in [-0.3, -0.25) is 0 Å². The Balaban J connectivity index is 3.09. The third kappa shape index (κ3) is 3.46. The van der Waals surface area contributed by atoms with Gasteiger partial charge >= 0.3 is 5.97 Å². The van der Waals surface area contributed by atoms with Crippen molar-refractivity contribution in [2.75, 3.05) is 6.61 Å². The molecule has 0 amide bonds. The lowest BCUT2D eigenvalue weighted by atomic mass is 9.97. The molecule has 94 valence electrons. The summed E-state index contributed by atoms with van der Waals surface area (Å²) in [4.78, 5) is 11.3. The van der Waals surface area contributed by atoms with Gasteiger partial charge in [-0.15, -0.1) is 0 Å². The van der Waals surface area contributed by atoms with E-state index in [0.717, 1.165) is 23.1 Å². The molecule has 0 aliphatic carbocycles. The van der Waals surface area contributed by atoms with Gasteiger partial charge in [0, 0.05) is 6.08 Å². The van der Waals surface area contributed by atoms with Crippen molar-refractivity contribution >= 4 is 12.0 Å². The van der Waals surface area contributed by atoms with Gasteiger partial charge in [0.1, 0.15) is 0 Å². The van der Waals surface area contributed by atoms with Gasteiger partial charge in [-0.05, 0) is 55.2 Å². The van der Waals surface area contributed by atoms with Crippen molar-refractivity contribution in [1.29, 1.82) is 5.26 Å². The van der Waals surface area contributed by atoms with Crippen molar-refractivity contribution in [2.24, 2.45) is 0 Å². The summed E-state index contributed by atoms with van der Waals surface area (Å²) >= 11 is 0. The van der Waals surface area contributed by atoms with Crippen LogP contribution in [0.15, 0.2) is 18.2 Å². The summed E-state index contributed by atoms with van der Waals surface area (Å²) in [7, 11) is 0. The van der Waals surface area contributed by atoms with Gasteiger partial charge in [-0.25, -0.2) is 4.79 Å². The number of nitriles is 1. The van der Waals surface area contributed by atoms with Crippen LogP contribution in [0.2, 0.25) is 0 Å². The van der Waals surface area contributed by atoms with Gasteiger partial charge in [-0.1, -0.05) is 6.92 Å². The molecule has 3 heteroatoms. The van der Waals surface area contributed by atoms with Crippen LogP contribution in [-0.2, 0) is 16.0 Å². The Morgan fingerprint density at radius 1 is 1.44 bits per heavy atom. The number of carbonyl (C=O) groups is 1. The van der Waals surface area contributed by atoms with E-state index in [0.29, 0.717) is 12.2 Å². The van der Waals surface area contributed by atoms with Crippen LogP contribution in [0, 0.1) is 18.3 Å². The van der Waals surface area contributed by atoms with E-state index in [1.807, 2.05) is 26.0 Å². The quantitative estimate of drug-likeness (QED) is 0.603. The van der Waals surface area contributed by atoms with Crippen molar-refractivity contribution in [3.63, 3.8) is 0 Å². The fourth-order valence-electron chi connectivity index (χ4n) is 1.81. The fourth-order valence-corrected chi connectivity index (χ4v) is 1.81. The molecule has 1 aromatic rings. The van der Waals surface area contributed by atoms with E-state index >= 15 is 0 Å². The lowest BCUT2D eigenvalue weighted by Crippen LogP contribution is -1.99. The third-order valence-corrected chi connectivity index (χ3v) is 2.66. The van der Waals surface area contributed by atoms with Crippen LogP contribution in [0.5, 0.6) is 0 Å². The van der Waals surface area contributed by atoms with Crippen LogP contribution in [0.1, 0.15) is 36.1 Å². The number of hydrogen-bond acceptors (Lipinski definition) is 3. The first-order valence-corrected chi connectivity index (χ1v) is 6.00. The summed E-state index contributed by atoms with van der Waals surface area (Å²) in [6, 6.07) is 5.82. The van der Waals surface area contributed by atoms with Crippen molar-refractivity contribution in [3.8, 4) is 6.07 Å². The summed E-state index contributed by atoms with van der Waals surface area (Å²) in [5.41, 5.74) is 3.70. The van der Waals surface area contributed by atoms with Crippen LogP contribution < -0.4 is 0 Å². The Bertz CT molecular complexity index is 510. The highest BCUT2D eigenvalue weighted by atomic mass is 16.5. The minimum Gasteiger partial charge on any atom is -0.463 e. The van der Waals surface area contributed by atoms with Crippen molar-refractivity contribution in [3.05, 3.63) is 40.5 Å². The summed E-state index contributed by atoms with van der Waals surface area (Å²) in [6.45, 7) is 6.11. The zero-order valence-corrected chi connectivity index (χ0v) is 11.0. The smallest absolute Gasteiger partial charge is 0.330 e. The molecule has 0 N–H and O–H groups in total. The number of ether oxygens (including phenoxy) is 1. The molecule has 0 spiro atoms. The Morgan fingerprint density at radius 2 is 2.17 bits per heavy atom. The van der Waals surface area contributed by atoms with E-state index in [9.17, 15) is 4.79 Å². The second kappa shape index (κ2) is 6.61. The molecule has 0 aromatic heterocycles. The van der Waals surface area contributed by atoms with Crippen LogP contribution >= 0.6 is 0 Å². The number of hydrogen-bond donors (Lipinski definition) is 0. The molecule has 3 nitrogen and oxygen atoms in total. The molecule has 0 aliphatic heterocycles. The van der Waals surface area contributed by atoms with Gasteiger partial charge in [-0.2, -0.15) is 5.26 Å². The van der Waals surface area contributed by atoms with Crippen LogP contribution in [0.3, 0.4) is 0 Å². The Labute approximate surface area is 108 Å². The Kier molecular flexibility index (Phi) is 5.13. The minimum atomic E-state index is -0.344. The molecule has 0 fully saturated rings. The first-order chi connectivity index (χ1) is 8.62. The molecular weight excluding hydrogens is 226 g/mol. The number of carbonyl (C=O) groups excluding carboxylic acids is 1. The molecule has 0 unspecified atom stereocenters. The summed E-state index contributed by atoms with van der Waals surface area (Å²) in [5, 5.41) is 8.92. The average Bonchev–Trinajstić information content (AvgIpc) is 2.36. The molecular formula is C15H17NO2. The van der Waals surface area contributed by atoms with Gasteiger partial charge in [0.25, 0.3) is 0 Å². The maximum atomic E-state index is 11.3. The van der Waals surface area contributed by atoms with Crippen molar-refractivity contribution < 1.29 is 9.53 Å². The van der Waals surface area contributed by atoms with E-state index in [4.69, 9.17) is 10.00 Å². The largest absolute Gasteiger partial charge is 0.463 e. The maximum absolute atomic E-state index is 11.3. The highest BCUT2D eigenvalue weighted by Gasteiger charge is 2.05. The first kappa shape index (κ1) is 14.0. The molecule has 0 radical (unpaired) electrons. The molecule has 0 saturated carbocycles. The Morgan fingerprint density at radius 3 is 2.72 bits per heavy atom. The second-order valence-corrected chi connectivity index (χ2v) is 3.92. The van der Waals surface area contributed by atoms with Crippen LogP contribution in [-0.4, -0.2) is 12.6 Å². The van der Waals surface area contributed by atoms with Crippen molar-refractivity contribution in [1.82, 2.24) is 0 Å². The van der Waals surface area contributed by atoms with E-state index in [2.05, 4.69) is 6.07 Å². The number of benzene rings is 1. The van der Waals surface area contributed by atoms with E-state index in [1.165, 1.54) is 6.08 Å². The SMILES string of the molecule is CCOC(=O)/C=C/c1c(C)cc(C#N)cc1CC. The fraction of sp³-hybridized carbons (Fsp3) is 0.333. The molecule has 1 rings (SSSR count).